The molecule has 0 aliphatic rings. The molecule has 0 atom stereocenters. The summed E-state index contributed by atoms with van der Waals surface area (Å²) in [4.78, 5) is 2.31. The van der Waals surface area contributed by atoms with E-state index in [4.69, 9.17) is 0 Å². The number of nitrogens with zero attached hydrogens (tertiary/aromatic N) is 2. The summed E-state index contributed by atoms with van der Waals surface area (Å²) in [5, 5.41) is 10.3. The van der Waals surface area contributed by atoms with Crippen LogP contribution in [0.5, 0.6) is 0 Å². The Morgan fingerprint density at radius 1 is 0.341 bits per heavy atom. The molecule has 0 saturated heterocycles. The van der Waals surface area contributed by atoms with Crippen molar-refractivity contribution in [2.45, 2.75) is 0 Å². The van der Waals surface area contributed by atoms with Crippen LogP contribution in [0.2, 0.25) is 0 Å². The molecular weight excluding hydrogens is 532 g/mol. The van der Waals surface area contributed by atoms with Crippen LogP contribution in [0.3, 0.4) is 0 Å². The van der Waals surface area contributed by atoms with Crippen molar-refractivity contribution in [1.82, 2.24) is 4.57 Å². The van der Waals surface area contributed by atoms with Crippen molar-refractivity contribution in [3.63, 3.8) is 0 Å². The Bertz CT molecular complexity index is 2430. The van der Waals surface area contributed by atoms with Crippen LogP contribution in [-0.4, -0.2) is 4.57 Å². The molecule has 0 amide bonds. The van der Waals surface area contributed by atoms with Crippen molar-refractivity contribution in [2.75, 3.05) is 4.90 Å². The SMILES string of the molecule is c1ccc(N(c2ccccc2)c2ccc(-n3c4ccc5ccccc5c4c4c5ccccc5c5ccccc5c43)cc2)cc1. The molecule has 0 spiro atoms. The Hall–Kier alpha value is -5.86. The molecule has 9 aromatic rings. The zero-order valence-electron chi connectivity index (χ0n) is 24.1. The minimum atomic E-state index is 1.12. The van der Waals surface area contributed by atoms with Crippen LogP contribution < -0.4 is 4.90 Å². The highest BCUT2D eigenvalue weighted by molar-refractivity contribution is 6.35. The molecular formula is C42H28N2. The summed E-state index contributed by atoms with van der Waals surface area (Å²) in [5.41, 5.74) is 7.00. The average molecular weight is 561 g/mol. The molecule has 0 fully saturated rings. The number of fused-ring (bicyclic) bond motifs is 10. The molecule has 0 bridgehead atoms. The van der Waals surface area contributed by atoms with E-state index in [1.54, 1.807) is 0 Å². The number of para-hydroxylation sites is 2. The molecule has 0 radical (unpaired) electrons. The summed E-state index contributed by atoms with van der Waals surface area (Å²) in [5.74, 6) is 0. The van der Waals surface area contributed by atoms with Crippen molar-refractivity contribution in [1.29, 1.82) is 0 Å². The lowest BCUT2D eigenvalue weighted by molar-refractivity contribution is 1.18. The van der Waals surface area contributed by atoms with Gasteiger partial charge in [0.2, 0.25) is 0 Å². The van der Waals surface area contributed by atoms with Gasteiger partial charge >= 0.3 is 0 Å². The van der Waals surface area contributed by atoms with Crippen LogP contribution in [-0.2, 0) is 0 Å². The predicted octanol–water partition coefficient (Wildman–Crippen LogP) is 11.7. The molecule has 8 aromatic carbocycles. The van der Waals surface area contributed by atoms with Crippen LogP contribution in [0.4, 0.5) is 17.1 Å². The highest BCUT2D eigenvalue weighted by Crippen LogP contribution is 2.45. The second-order valence-electron chi connectivity index (χ2n) is 11.4. The maximum Gasteiger partial charge on any atom is 0.0626 e. The van der Waals surface area contributed by atoms with E-state index in [0.717, 1.165) is 22.7 Å². The highest BCUT2D eigenvalue weighted by Gasteiger charge is 2.21. The Morgan fingerprint density at radius 3 is 1.50 bits per heavy atom. The number of benzene rings is 8. The van der Waals surface area contributed by atoms with Gasteiger partial charge in [-0.3, -0.25) is 0 Å². The van der Waals surface area contributed by atoms with Crippen LogP contribution in [0.15, 0.2) is 170 Å². The molecule has 2 heteroatoms. The zero-order chi connectivity index (χ0) is 29.0. The average Bonchev–Trinajstić information content (AvgIpc) is 3.46. The molecule has 206 valence electrons. The lowest BCUT2D eigenvalue weighted by Gasteiger charge is -2.25. The van der Waals surface area contributed by atoms with E-state index < -0.39 is 0 Å². The van der Waals surface area contributed by atoms with E-state index in [-0.39, 0.29) is 0 Å². The fraction of sp³-hybridized carbons (Fsp3) is 0. The Balaban J connectivity index is 1.36. The topological polar surface area (TPSA) is 8.17 Å². The Labute approximate surface area is 255 Å². The molecule has 9 rings (SSSR count). The monoisotopic (exact) mass is 560 g/mol. The lowest BCUT2D eigenvalue weighted by Crippen LogP contribution is -2.09. The highest BCUT2D eigenvalue weighted by atomic mass is 15.1. The molecule has 2 nitrogen and oxygen atoms in total. The fourth-order valence-electron chi connectivity index (χ4n) is 7.06. The number of hydrogen-bond donors (Lipinski definition) is 0. The minimum absolute atomic E-state index is 1.12. The van der Waals surface area contributed by atoms with E-state index in [1.807, 2.05) is 0 Å². The number of rotatable bonds is 4. The van der Waals surface area contributed by atoms with Crippen molar-refractivity contribution in [3.05, 3.63) is 170 Å². The van der Waals surface area contributed by atoms with Crippen LogP contribution in [0.25, 0.3) is 59.8 Å². The van der Waals surface area contributed by atoms with Gasteiger partial charge in [0.1, 0.15) is 0 Å². The van der Waals surface area contributed by atoms with E-state index in [1.165, 1.54) is 54.1 Å². The van der Waals surface area contributed by atoms with Gasteiger partial charge in [-0.1, -0.05) is 115 Å². The van der Waals surface area contributed by atoms with Gasteiger partial charge in [0.15, 0.2) is 0 Å². The summed E-state index contributed by atoms with van der Waals surface area (Å²) < 4.78 is 2.48. The molecule has 44 heavy (non-hydrogen) atoms. The fourth-order valence-corrected chi connectivity index (χ4v) is 7.06. The smallest absolute Gasteiger partial charge is 0.0626 e. The van der Waals surface area contributed by atoms with Crippen molar-refractivity contribution < 1.29 is 0 Å². The van der Waals surface area contributed by atoms with Crippen molar-refractivity contribution >= 4 is 71.2 Å². The van der Waals surface area contributed by atoms with Crippen LogP contribution in [0, 0.1) is 0 Å². The van der Waals surface area contributed by atoms with E-state index in [0.29, 0.717) is 0 Å². The normalized spacial score (nSPS) is 11.6. The molecule has 0 saturated carbocycles. The van der Waals surface area contributed by atoms with Crippen LogP contribution >= 0.6 is 0 Å². The first-order valence-electron chi connectivity index (χ1n) is 15.1. The van der Waals surface area contributed by atoms with E-state index in [9.17, 15) is 0 Å². The number of hydrogen-bond acceptors (Lipinski definition) is 1. The first-order chi connectivity index (χ1) is 21.9. The van der Waals surface area contributed by atoms with Gasteiger partial charge in [0.25, 0.3) is 0 Å². The van der Waals surface area contributed by atoms with Gasteiger partial charge < -0.3 is 9.47 Å². The van der Waals surface area contributed by atoms with Crippen molar-refractivity contribution in [3.8, 4) is 5.69 Å². The van der Waals surface area contributed by atoms with Crippen molar-refractivity contribution in [2.24, 2.45) is 0 Å². The maximum atomic E-state index is 2.48. The molecule has 1 heterocycles. The molecule has 1 aromatic heterocycles. The molecule has 0 aliphatic carbocycles. The molecule has 0 N–H and O–H groups in total. The van der Waals surface area contributed by atoms with Gasteiger partial charge in [-0.15, -0.1) is 0 Å². The lowest BCUT2D eigenvalue weighted by atomic mass is 9.95. The Kier molecular flexibility index (Phi) is 5.54. The molecule has 0 unspecified atom stereocenters. The third-order valence-electron chi connectivity index (χ3n) is 8.92. The summed E-state index contributed by atoms with van der Waals surface area (Å²) in [7, 11) is 0. The third-order valence-corrected chi connectivity index (χ3v) is 8.92. The van der Waals surface area contributed by atoms with Gasteiger partial charge in [-0.2, -0.15) is 0 Å². The van der Waals surface area contributed by atoms with Gasteiger partial charge in [-0.05, 0) is 81.5 Å². The first kappa shape index (κ1) is 24.7. The maximum absolute atomic E-state index is 2.48. The van der Waals surface area contributed by atoms with E-state index >= 15 is 0 Å². The second-order valence-corrected chi connectivity index (χ2v) is 11.4. The van der Waals surface area contributed by atoms with E-state index in [2.05, 4.69) is 179 Å². The summed E-state index contributed by atoms with van der Waals surface area (Å²) in [6, 6.07) is 61.3. The predicted molar refractivity (Wildman–Crippen MR) is 188 cm³/mol. The van der Waals surface area contributed by atoms with Gasteiger partial charge in [-0.25, -0.2) is 0 Å². The third kappa shape index (κ3) is 3.68. The second kappa shape index (κ2) is 9.86. The summed E-state index contributed by atoms with van der Waals surface area (Å²) in [6.45, 7) is 0. The standard InChI is InChI=1S/C42H28N2/c1-3-14-30(15-4-1)43(31-16-5-2-6-17-31)32-24-26-33(27-25-32)44-39-28-23-29-13-7-8-18-34(29)40(39)41-37-21-11-9-19-35(37)36-20-10-12-22-38(36)42(41)44/h1-28H. The Morgan fingerprint density at radius 2 is 0.841 bits per heavy atom. The first-order valence-corrected chi connectivity index (χ1v) is 15.1. The van der Waals surface area contributed by atoms with Gasteiger partial charge in [0, 0.05) is 38.9 Å². The zero-order valence-corrected chi connectivity index (χ0v) is 24.1. The van der Waals surface area contributed by atoms with Crippen LogP contribution in [0.1, 0.15) is 0 Å². The minimum Gasteiger partial charge on any atom is -0.311 e. The van der Waals surface area contributed by atoms with Gasteiger partial charge in [0.05, 0.1) is 11.0 Å². The largest absolute Gasteiger partial charge is 0.311 e. The number of anilines is 3. The summed E-state index contributed by atoms with van der Waals surface area (Å²) >= 11 is 0. The molecule has 0 aliphatic heterocycles. The quantitative estimate of drug-likeness (QED) is 0.194. The summed E-state index contributed by atoms with van der Waals surface area (Å²) in [6.07, 6.45) is 0. The number of aromatic nitrogens is 1.